The van der Waals surface area contributed by atoms with Gasteiger partial charge in [0.1, 0.15) is 0 Å². The molecule has 1 heterocycles. The lowest BCUT2D eigenvalue weighted by atomic mass is 10.2. The molecule has 0 atom stereocenters. The van der Waals surface area contributed by atoms with Gasteiger partial charge in [0.05, 0.1) is 0 Å². The molecule has 0 fully saturated rings. The van der Waals surface area contributed by atoms with E-state index in [0.29, 0.717) is 10.9 Å². The maximum absolute atomic E-state index is 5.63. The largest absolute Gasteiger partial charge is 0.355 e. The van der Waals surface area contributed by atoms with Gasteiger partial charge in [0.2, 0.25) is 0 Å². The van der Waals surface area contributed by atoms with Crippen LogP contribution in [0.1, 0.15) is 0 Å². The van der Waals surface area contributed by atoms with Gasteiger partial charge in [-0.15, -0.1) is 0 Å². The first-order chi connectivity index (χ1) is 6.25. The number of hydrogen-bond donors (Lipinski definition) is 0. The SMILES string of the molecule is Clc1cc(-c2cccc(Br)c2)on1. The van der Waals surface area contributed by atoms with Gasteiger partial charge in [-0.3, -0.25) is 0 Å². The average molecular weight is 259 g/mol. The molecule has 0 amide bonds. The van der Waals surface area contributed by atoms with E-state index in [9.17, 15) is 0 Å². The lowest BCUT2D eigenvalue weighted by Crippen LogP contribution is -1.72. The summed E-state index contributed by atoms with van der Waals surface area (Å²) in [4.78, 5) is 0. The molecule has 0 aliphatic heterocycles. The van der Waals surface area contributed by atoms with E-state index in [4.69, 9.17) is 16.1 Å². The summed E-state index contributed by atoms with van der Waals surface area (Å²) in [6.07, 6.45) is 0. The Hall–Kier alpha value is -0.800. The van der Waals surface area contributed by atoms with E-state index in [1.165, 1.54) is 0 Å². The van der Waals surface area contributed by atoms with Crippen LogP contribution in [0.5, 0.6) is 0 Å². The van der Waals surface area contributed by atoms with Gasteiger partial charge in [0.15, 0.2) is 10.9 Å². The van der Waals surface area contributed by atoms with Crippen LogP contribution in [0.15, 0.2) is 39.3 Å². The molecule has 0 spiro atoms. The first kappa shape index (κ1) is 8.78. The zero-order chi connectivity index (χ0) is 9.26. The standard InChI is InChI=1S/C9H5BrClNO/c10-7-3-1-2-6(4-7)8-5-9(11)12-13-8/h1-5H. The smallest absolute Gasteiger partial charge is 0.172 e. The van der Waals surface area contributed by atoms with Crippen LogP contribution >= 0.6 is 27.5 Å². The molecule has 66 valence electrons. The van der Waals surface area contributed by atoms with Crippen molar-refractivity contribution < 1.29 is 4.52 Å². The minimum absolute atomic E-state index is 0.370. The highest BCUT2D eigenvalue weighted by molar-refractivity contribution is 9.10. The Balaban J connectivity index is 2.46. The number of nitrogens with zero attached hydrogens (tertiary/aromatic N) is 1. The van der Waals surface area contributed by atoms with Crippen LogP contribution < -0.4 is 0 Å². The summed E-state index contributed by atoms with van der Waals surface area (Å²) >= 11 is 9.00. The van der Waals surface area contributed by atoms with Crippen molar-refractivity contribution in [2.24, 2.45) is 0 Å². The molecule has 0 bridgehead atoms. The molecular weight excluding hydrogens is 253 g/mol. The van der Waals surface area contributed by atoms with Crippen molar-refractivity contribution in [3.63, 3.8) is 0 Å². The molecule has 2 nitrogen and oxygen atoms in total. The molecule has 13 heavy (non-hydrogen) atoms. The van der Waals surface area contributed by atoms with Gasteiger partial charge in [-0.25, -0.2) is 0 Å². The molecule has 0 N–H and O–H groups in total. The second-order valence-corrected chi connectivity index (χ2v) is 3.83. The van der Waals surface area contributed by atoms with Crippen LogP contribution in [0.25, 0.3) is 11.3 Å². The third kappa shape index (κ3) is 1.92. The summed E-state index contributed by atoms with van der Waals surface area (Å²) in [6.45, 7) is 0. The summed E-state index contributed by atoms with van der Waals surface area (Å²) in [6, 6.07) is 9.43. The second-order valence-electron chi connectivity index (χ2n) is 2.52. The number of hydrogen-bond acceptors (Lipinski definition) is 2. The molecule has 0 saturated heterocycles. The van der Waals surface area contributed by atoms with Gasteiger partial charge in [-0.2, -0.15) is 0 Å². The molecule has 4 heteroatoms. The predicted octanol–water partition coefficient (Wildman–Crippen LogP) is 3.76. The highest BCUT2D eigenvalue weighted by Gasteiger charge is 2.04. The maximum Gasteiger partial charge on any atom is 0.172 e. The van der Waals surface area contributed by atoms with Crippen molar-refractivity contribution >= 4 is 27.5 Å². The van der Waals surface area contributed by atoms with Crippen LogP contribution in [-0.2, 0) is 0 Å². The van der Waals surface area contributed by atoms with E-state index < -0.39 is 0 Å². The zero-order valence-electron chi connectivity index (χ0n) is 6.50. The molecule has 0 aliphatic carbocycles. The van der Waals surface area contributed by atoms with Gasteiger partial charge in [0.25, 0.3) is 0 Å². The molecule has 0 aliphatic rings. The Morgan fingerprint density at radius 1 is 1.31 bits per heavy atom. The van der Waals surface area contributed by atoms with Gasteiger partial charge in [-0.1, -0.05) is 44.8 Å². The van der Waals surface area contributed by atoms with Crippen molar-refractivity contribution in [1.82, 2.24) is 5.16 Å². The second kappa shape index (κ2) is 3.52. The number of halogens is 2. The normalized spacial score (nSPS) is 10.3. The third-order valence-corrected chi connectivity index (χ3v) is 2.26. The Kier molecular flexibility index (Phi) is 2.38. The lowest BCUT2D eigenvalue weighted by molar-refractivity contribution is 0.432. The monoisotopic (exact) mass is 257 g/mol. The summed E-state index contributed by atoms with van der Waals surface area (Å²) < 4.78 is 6.00. The topological polar surface area (TPSA) is 26.0 Å². The van der Waals surface area contributed by atoms with Crippen LogP contribution in [0.3, 0.4) is 0 Å². The van der Waals surface area contributed by atoms with E-state index in [2.05, 4.69) is 21.1 Å². The first-order valence-electron chi connectivity index (χ1n) is 3.64. The van der Waals surface area contributed by atoms with Gasteiger partial charge < -0.3 is 4.52 Å². The van der Waals surface area contributed by atoms with Gasteiger partial charge >= 0.3 is 0 Å². The Morgan fingerprint density at radius 3 is 2.77 bits per heavy atom. The minimum atomic E-state index is 0.370. The minimum Gasteiger partial charge on any atom is -0.355 e. The molecule has 0 unspecified atom stereocenters. The van der Waals surface area contributed by atoms with Crippen LogP contribution in [0.4, 0.5) is 0 Å². The van der Waals surface area contributed by atoms with Crippen molar-refractivity contribution in [1.29, 1.82) is 0 Å². The van der Waals surface area contributed by atoms with Crippen molar-refractivity contribution in [3.05, 3.63) is 40.0 Å². The maximum atomic E-state index is 5.63. The number of aromatic nitrogens is 1. The lowest BCUT2D eigenvalue weighted by Gasteiger charge is -1.94. The van der Waals surface area contributed by atoms with Crippen molar-refractivity contribution in [2.45, 2.75) is 0 Å². The molecule has 0 radical (unpaired) electrons. The number of rotatable bonds is 1. The molecule has 1 aromatic carbocycles. The van der Waals surface area contributed by atoms with Crippen LogP contribution in [0, 0.1) is 0 Å². The highest BCUT2D eigenvalue weighted by atomic mass is 79.9. The van der Waals surface area contributed by atoms with Crippen LogP contribution in [0.2, 0.25) is 5.15 Å². The van der Waals surface area contributed by atoms with Crippen molar-refractivity contribution in [2.75, 3.05) is 0 Å². The Morgan fingerprint density at radius 2 is 2.15 bits per heavy atom. The van der Waals surface area contributed by atoms with E-state index in [-0.39, 0.29) is 0 Å². The quantitative estimate of drug-likeness (QED) is 0.778. The number of benzene rings is 1. The molecule has 1 aromatic heterocycles. The fourth-order valence-electron chi connectivity index (χ4n) is 1.03. The summed E-state index contributed by atoms with van der Waals surface area (Å²) in [5.41, 5.74) is 0.953. The molecule has 0 saturated carbocycles. The van der Waals surface area contributed by atoms with Crippen molar-refractivity contribution in [3.8, 4) is 11.3 Å². The summed E-state index contributed by atoms with van der Waals surface area (Å²) in [5, 5.41) is 3.97. The van der Waals surface area contributed by atoms with E-state index in [1.807, 2.05) is 24.3 Å². The van der Waals surface area contributed by atoms with Crippen LogP contribution in [-0.4, -0.2) is 5.16 Å². The summed E-state index contributed by atoms with van der Waals surface area (Å²) in [7, 11) is 0. The average Bonchev–Trinajstić information content (AvgIpc) is 2.52. The fourth-order valence-corrected chi connectivity index (χ4v) is 1.56. The predicted molar refractivity (Wildman–Crippen MR) is 54.6 cm³/mol. The Bertz CT molecular complexity index is 427. The first-order valence-corrected chi connectivity index (χ1v) is 4.81. The fraction of sp³-hybridized carbons (Fsp3) is 0. The van der Waals surface area contributed by atoms with E-state index in [0.717, 1.165) is 10.0 Å². The summed E-state index contributed by atoms with van der Waals surface area (Å²) in [5.74, 6) is 0.673. The third-order valence-electron chi connectivity index (χ3n) is 1.59. The molecular formula is C9H5BrClNO. The van der Waals surface area contributed by atoms with Gasteiger partial charge in [-0.05, 0) is 12.1 Å². The highest BCUT2D eigenvalue weighted by Crippen LogP contribution is 2.24. The van der Waals surface area contributed by atoms with E-state index >= 15 is 0 Å². The van der Waals surface area contributed by atoms with Gasteiger partial charge in [0, 0.05) is 16.1 Å². The molecule has 2 rings (SSSR count). The molecule has 2 aromatic rings. The van der Waals surface area contributed by atoms with E-state index in [1.54, 1.807) is 6.07 Å². The Labute approximate surface area is 88.6 Å². The zero-order valence-corrected chi connectivity index (χ0v) is 8.84.